The molecule has 4 rings (SSSR count). The normalized spacial score (nSPS) is 20.8. The smallest absolute Gasteiger partial charge is 0.147 e. The van der Waals surface area contributed by atoms with E-state index in [1.54, 1.807) is 19.0 Å². The van der Waals surface area contributed by atoms with Gasteiger partial charge in [-0.1, -0.05) is 0 Å². The summed E-state index contributed by atoms with van der Waals surface area (Å²) in [6.07, 6.45) is 5.88. The Morgan fingerprint density at radius 3 is 2.89 bits per heavy atom. The van der Waals surface area contributed by atoms with Crippen LogP contribution in [0.2, 0.25) is 0 Å². The number of rotatable bonds is 4. The Kier molecular flexibility index (Phi) is 5.44. The number of benzene rings is 1. The molecule has 2 fully saturated rings. The van der Waals surface area contributed by atoms with Gasteiger partial charge in [-0.25, -0.2) is 13.7 Å². The molecule has 3 N–H and O–H groups in total. The van der Waals surface area contributed by atoms with E-state index in [9.17, 15) is 4.39 Å². The quantitative estimate of drug-likeness (QED) is 0.464. The molecule has 0 bridgehead atoms. The number of aliphatic imine (C=N–C) groups is 2. The predicted octanol–water partition coefficient (Wildman–Crippen LogP) is 3.63. The second-order valence-electron chi connectivity index (χ2n) is 7.49. The molecule has 6 nitrogen and oxygen atoms in total. The second kappa shape index (κ2) is 7.85. The number of hydrogen-bond donors (Lipinski definition) is 2. The van der Waals surface area contributed by atoms with Crippen molar-refractivity contribution in [2.45, 2.75) is 43.2 Å². The minimum Gasteiger partial charge on any atom is -0.383 e. The molecule has 1 spiro atoms. The Morgan fingerprint density at radius 1 is 1.36 bits per heavy atom. The summed E-state index contributed by atoms with van der Waals surface area (Å²) in [7, 11) is 1.64. The lowest BCUT2D eigenvalue weighted by Gasteiger charge is -2.40. The Labute approximate surface area is 168 Å². The molecule has 0 aliphatic carbocycles. The average Bonchev–Trinajstić information content (AvgIpc) is 3.26. The Bertz CT molecular complexity index is 932. The molecule has 28 heavy (non-hydrogen) atoms. The van der Waals surface area contributed by atoms with E-state index < -0.39 is 0 Å². The lowest BCUT2D eigenvalue weighted by Crippen LogP contribution is -2.44. The van der Waals surface area contributed by atoms with Gasteiger partial charge in [-0.2, -0.15) is 0 Å². The number of nitrogens with zero attached hydrogens (tertiary/aromatic N) is 3. The Hall–Kier alpha value is -1.90. The van der Waals surface area contributed by atoms with Crippen LogP contribution in [0.1, 0.15) is 36.8 Å². The highest BCUT2D eigenvalue weighted by molar-refractivity contribution is 7.97. The maximum absolute atomic E-state index is 14.6. The number of fused-ring (bicyclic) bond motifs is 1. The number of H-pyrrole nitrogens is 1. The molecule has 0 amide bonds. The summed E-state index contributed by atoms with van der Waals surface area (Å²) in [4.78, 5) is 11.3. The highest BCUT2D eigenvalue weighted by atomic mass is 32.2. The molecule has 1 aromatic heterocycles. The van der Waals surface area contributed by atoms with Crippen molar-refractivity contribution in [3.63, 3.8) is 0 Å². The van der Waals surface area contributed by atoms with Crippen LogP contribution in [0.3, 0.4) is 0 Å². The zero-order valence-corrected chi connectivity index (χ0v) is 17.1. The molecule has 8 heteroatoms. The number of aryl methyl sites for hydroxylation is 1. The van der Waals surface area contributed by atoms with E-state index in [4.69, 9.17) is 10.5 Å². The maximum Gasteiger partial charge on any atom is 0.147 e. The zero-order chi connectivity index (χ0) is 19.7. The number of amidine groups is 1. The van der Waals surface area contributed by atoms with E-state index in [0.29, 0.717) is 11.4 Å². The highest BCUT2D eigenvalue weighted by Gasteiger charge is 2.42. The van der Waals surface area contributed by atoms with Gasteiger partial charge in [0.1, 0.15) is 18.0 Å². The van der Waals surface area contributed by atoms with Crippen molar-refractivity contribution in [3.05, 3.63) is 29.1 Å². The molecular weight excluding hydrogens is 377 g/mol. The van der Waals surface area contributed by atoms with Crippen molar-refractivity contribution < 1.29 is 9.13 Å². The standard InChI is InChI=1S/C20H26FN5OS/c1-13-10-15(21)18-14(17(13)19(22)24-12-23-2)11-16(25-18)28-26-7-3-4-20(26)5-8-27-9-6-20/h10-12,25H,3-9H2,1-2H3,(H2,22,23,24). The van der Waals surface area contributed by atoms with Crippen molar-refractivity contribution in [1.29, 1.82) is 0 Å². The maximum atomic E-state index is 14.6. The van der Waals surface area contributed by atoms with Gasteiger partial charge in [0, 0.05) is 43.3 Å². The molecule has 0 atom stereocenters. The van der Waals surface area contributed by atoms with Gasteiger partial charge in [-0.05, 0) is 62.3 Å². The van der Waals surface area contributed by atoms with Crippen LogP contribution >= 0.6 is 11.9 Å². The topological polar surface area (TPSA) is 79.0 Å². The van der Waals surface area contributed by atoms with Crippen molar-refractivity contribution >= 4 is 35.0 Å². The summed E-state index contributed by atoms with van der Waals surface area (Å²) in [6, 6.07) is 3.49. The van der Waals surface area contributed by atoms with Crippen LogP contribution in [-0.2, 0) is 4.74 Å². The molecule has 1 aromatic carbocycles. The minimum atomic E-state index is -0.276. The van der Waals surface area contributed by atoms with Crippen molar-refractivity contribution in [1.82, 2.24) is 9.29 Å². The van der Waals surface area contributed by atoms with Crippen LogP contribution in [-0.4, -0.2) is 53.8 Å². The molecule has 0 saturated carbocycles. The number of hydrogen-bond acceptors (Lipinski definition) is 4. The lowest BCUT2D eigenvalue weighted by atomic mass is 9.89. The number of halogens is 1. The van der Waals surface area contributed by atoms with E-state index in [2.05, 4.69) is 19.3 Å². The molecule has 2 aliphatic heterocycles. The SMILES string of the molecule is CN=CN=C(N)c1c(C)cc(F)c2[nH]c(SN3CCCC34CCOCC4)cc12. The fourth-order valence-corrected chi connectivity index (χ4v) is 5.61. The number of nitrogens with two attached hydrogens (primary N) is 1. The first kappa shape index (κ1) is 19.4. The third-order valence-corrected chi connectivity index (χ3v) is 6.98. The second-order valence-corrected chi connectivity index (χ2v) is 8.56. The Morgan fingerprint density at radius 2 is 2.14 bits per heavy atom. The van der Waals surface area contributed by atoms with Crippen molar-refractivity contribution in [2.24, 2.45) is 15.7 Å². The molecule has 2 aromatic rings. The first-order chi connectivity index (χ1) is 13.5. The molecule has 150 valence electrons. The Balaban J connectivity index is 1.70. The van der Waals surface area contributed by atoms with Crippen LogP contribution in [0.4, 0.5) is 4.39 Å². The molecule has 2 saturated heterocycles. The predicted molar refractivity (Wildman–Crippen MR) is 113 cm³/mol. The summed E-state index contributed by atoms with van der Waals surface area (Å²) in [6.45, 7) is 4.51. The molecular formula is C20H26FN5OS. The first-order valence-corrected chi connectivity index (χ1v) is 10.4. The van der Waals surface area contributed by atoms with Crippen LogP contribution in [0.25, 0.3) is 10.9 Å². The van der Waals surface area contributed by atoms with Crippen LogP contribution in [0.15, 0.2) is 27.1 Å². The zero-order valence-electron chi connectivity index (χ0n) is 16.3. The summed E-state index contributed by atoms with van der Waals surface area (Å²) >= 11 is 1.68. The van der Waals surface area contributed by atoms with E-state index in [-0.39, 0.29) is 11.4 Å². The highest BCUT2D eigenvalue weighted by Crippen LogP contribution is 2.44. The minimum absolute atomic E-state index is 0.190. The van der Waals surface area contributed by atoms with E-state index in [1.165, 1.54) is 25.2 Å². The third kappa shape index (κ3) is 3.44. The number of ether oxygens (including phenoxy) is 1. The monoisotopic (exact) mass is 403 g/mol. The molecule has 3 heterocycles. The van der Waals surface area contributed by atoms with E-state index >= 15 is 0 Å². The fraction of sp³-hybridized carbons (Fsp3) is 0.500. The summed E-state index contributed by atoms with van der Waals surface area (Å²) in [5, 5.41) is 1.68. The number of aromatic amines is 1. The van der Waals surface area contributed by atoms with Gasteiger partial charge in [-0.3, -0.25) is 4.99 Å². The van der Waals surface area contributed by atoms with E-state index in [1.807, 2.05) is 13.0 Å². The lowest BCUT2D eigenvalue weighted by molar-refractivity contribution is 0.0231. The van der Waals surface area contributed by atoms with Gasteiger partial charge in [0.15, 0.2) is 0 Å². The fourth-order valence-electron chi connectivity index (χ4n) is 4.36. The van der Waals surface area contributed by atoms with Gasteiger partial charge in [-0.15, -0.1) is 0 Å². The van der Waals surface area contributed by atoms with Crippen LogP contribution in [0, 0.1) is 12.7 Å². The van der Waals surface area contributed by atoms with Gasteiger partial charge in [0.25, 0.3) is 0 Å². The first-order valence-electron chi connectivity index (χ1n) is 9.63. The largest absolute Gasteiger partial charge is 0.383 e. The van der Waals surface area contributed by atoms with Crippen LogP contribution < -0.4 is 5.73 Å². The van der Waals surface area contributed by atoms with Gasteiger partial charge in [0.2, 0.25) is 0 Å². The molecule has 0 radical (unpaired) electrons. The third-order valence-electron chi connectivity index (χ3n) is 5.77. The van der Waals surface area contributed by atoms with Crippen molar-refractivity contribution in [3.8, 4) is 0 Å². The number of nitrogens with one attached hydrogen (secondary N) is 1. The molecule has 2 aliphatic rings. The van der Waals surface area contributed by atoms with E-state index in [0.717, 1.165) is 54.1 Å². The van der Waals surface area contributed by atoms with Crippen LogP contribution in [0.5, 0.6) is 0 Å². The van der Waals surface area contributed by atoms with Gasteiger partial charge in [0.05, 0.1) is 10.5 Å². The summed E-state index contributed by atoms with van der Waals surface area (Å²) < 4.78 is 22.7. The number of aromatic nitrogens is 1. The summed E-state index contributed by atoms with van der Waals surface area (Å²) in [5.41, 5.74) is 8.34. The van der Waals surface area contributed by atoms with Crippen molar-refractivity contribution in [2.75, 3.05) is 26.8 Å². The van der Waals surface area contributed by atoms with Gasteiger partial charge >= 0.3 is 0 Å². The average molecular weight is 404 g/mol. The van der Waals surface area contributed by atoms with Gasteiger partial charge < -0.3 is 15.5 Å². The molecule has 0 unspecified atom stereocenters. The summed E-state index contributed by atoms with van der Waals surface area (Å²) in [5.74, 6) is 0.0629.